The highest BCUT2D eigenvalue weighted by atomic mass is 16.6. The largest absolute Gasteiger partial charge is 0.394 e. The van der Waals surface area contributed by atoms with Gasteiger partial charge in [-0.25, -0.2) is 4.79 Å². The molecule has 0 aliphatic carbocycles. The molecule has 2 heterocycles. The average Bonchev–Trinajstić information content (AvgIpc) is 3.10. The second-order valence-corrected chi connectivity index (χ2v) is 8.91. The fourth-order valence-corrected chi connectivity index (χ4v) is 3.99. The van der Waals surface area contributed by atoms with E-state index in [0.717, 1.165) is 36.7 Å². The Morgan fingerprint density at radius 3 is 2.32 bits per heavy atom. The summed E-state index contributed by atoms with van der Waals surface area (Å²) in [7, 11) is 0. The van der Waals surface area contributed by atoms with E-state index in [1.165, 1.54) is 50.8 Å². The first-order valence-corrected chi connectivity index (χ1v) is 12.6. The molecule has 1 amide bonds. The Bertz CT molecular complexity index is 812. The number of nitrogens with one attached hydrogen (secondary N) is 1. The molecule has 0 aromatic carbocycles. The van der Waals surface area contributed by atoms with Gasteiger partial charge in [-0.15, -0.1) is 0 Å². The van der Waals surface area contributed by atoms with Crippen molar-refractivity contribution in [2.24, 2.45) is 0 Å². The van der Waals surface area contributed by atoms with Crippen LogP contribution in [0.3, 0.4) is 0 Å². The molecule has 2 rings (SSSR count). The lowest BCUT2D eigenvalue weighted by Gasteiger charge is -2.17. The molecule has 1 fully saturated rings. The molecule has 0 saturated carbocycles. The first-order valence-electron chi connectivity index (χ1n) is 12.6. The molecule has 1 saturated heterocycles. The number of hydrogen-bond acceptors (Lipinski definition) is 7. The van der Waals surface area contributed by atoms with Crippen LogP contribution >= 0.6 is 0 Å². The van der Waals surface area contributed by atoms with Crippen molar-refractivity contribution in [3.05, 3.63) is 34.9 Å². The summed E-state index contributed by atoms with van der Waals surface area (Å²) >= 11 is 0. The van der Waals surface area contributed by atoms with E-state index in [-0.39, 0.29) is 11.7 Å². The molecule has 9 nitrogen and oxygen atoms in total. The number of nitrogens with zero attached hydrogens (tertiary/aromatic N) is 2. The lowest BCUT2D eigenvalue weighted by molar-refractivity contribution is -0.116. The quantitative estimate of drug-likeness (QED) is 0.211. The Balaban J connectivity index is 1.60. The number of carbonyl (C=O) groups is 1. The highest BCUT2D eigenvalue weighted by Crippen LogP contribution is 2.28. The van der Waals surface area contributed by atoms with Crippen molar-refractivity contribution < 1.29 is 24.9 Å². The predicted octanol–water partition coefficient (Wildman–Crippen LogP) is 3.05. The van der Waals surface area contributed by atoms with Crippen LogP contribution < -0.4 is 11.0 Å². The van der Waals surface area contributed by atoms with Gasteiger partial charge in [-0.2, -0.15) is 4.98 Å². The number of carbonyl (C=O) groups excluding carboxylic acids is 1. The van der Waals surface area contributed by atoms with E-state index in [9.17, 15) is 24.9 Å². The van der Waals surface area contributed by atoms with Crippen molar-refractivity contribution in [1.82, 2.24) is 9.55 Å². The third-order valence-electron chi connectivity index (χ3n) is 6.05. The molecule has 1 aromatic heterocycles. The molecule has 0 spiro atoms. The van der Waals surface area contributed by atoms with Gasteiger partial charge in [0.1, 0.15) is 24.1 Å². The van der Waals surface area contributed by atoms with E-state index < -0.39 is 36.8 Å². The molecular formula is C25H41N3O6. The standard InChI is InChI=1S/C25H41N3O6/c1-2-3-4-5-6-7-8-9-10-11-12-13-14-15-21(30)26-20-16-17-28(25(33)27-20)24-23(32)22(31)19(18-29)34-24/h7-8,16-17,19,22-24,29,31-32H,2-6,9-15,18H2,1H3,(H,26,27,30,33)/b8-7-/t19-,22-,23+,24-/m1/s1. The zero-order chi connectivity index (χ0) is 24.8. The van der Waals surface area contributed by atoms with Gasteiger partial charge in [0.2, 0.25) is 5.91 Å². The summed E-state index contributed by atoms with van der Waals surface area (Å²) in [6.45, 7) is 1.74. The van der Waals surface area contributed by atoms with E-state index in [2.05, 4.69) is 29.4 Å². The number of amides is 1. The number of ether oxygens (including phenoxy) is 1. The predicted molar refractivity (Wildman–Crippen MR) is 130 cm³/mol. The average molecular weight is 480 g/mol. The smallest absolute Gasteiger partial charge is 0.351 e. The third kappa shape index (κ3) is 9.29. The number of unbranched alkanes of at least 4 members (excludes halogenated alkanes) is 9. The van der Waals surface area contributed by atoms with Crippen LogP contribution in [0.5, 0.6) is 0 Å². The molecule has 0 radical (unpaired) electrons. The molecule has 192 valence electrons. The van der Waals surface area contributed by atoms with Crippen molar-refractivity contribution in [1.29, 1.82) is 0 Å². The number of allylic oxidation sites excluding steroid dienone is 2. The summed E-state index contributed by atoms with van der Waals surface area (Å²) in [6, 6.07) is 1.44. The lowest BCUT2D eigenvalue weighted by Crippen LogP contribution is -2.36. The summed E-state index contributed by atoms with van der Waals surface area (Å²) < 4.78 is 6.36. The first-order chi connectivity index (χ1) is 16.5. The lowest BCUT2D eigenvalue weighted by atomic mass is 10.1. The summed E-state index contributed by atoms with van der Waals surface area (Å²) in [5.41, 5.74) is -0.734. The fraction of sp³-hybridized carbons (Fsp3) is 0.720. The zero-order valence-electron chi connectivity index (χ0n) is 20.3. The highest BCUT2D eigenvalue weighted by molar-refractivity contribution is 5.89. The van der Waals surface area contributed by atoms with Crippen LogP contribution in [0.1, 0.15) is 90.2 Å². The monoisotopic (exact) mass is 479 g/mol. The Labute approximate surface area is 201 Å². The van der Waals surface area contributed by atoms with Gasteiger partial charge in [0.25, 0.3) is 0 Å². The number of anilines is 1. The van der Waals surface area contributed by atoms with Gasteiger partial charge in [0.15, 0.2) is 6.23 Å². The molecule has 0 unspecified atom stereocenters. The van der Waals surface area contributed by atoms with E-state index in [4.69, 9.17) is 4.74 Å². The fourth-order valence-electron chi connectivity index (χ4n) is 3.99. The number of aliphatic hydroxyl groups is 3. The van der Waals surface area contributed by atoms with Gasteiger partial charge < -0.3 is 25.4 Å². The van der Waals surface area contributed by atoms with Gasteiger partial charge in [-0.05, 0) is 38.2 Å². The second kappa shape index (κ2) is 15.8. The number of aliphatic hydroxyl groups excluding tert-OH is 3. The van der Waals surface area contributed by atoms with Crippen molar-refractivity contribution in [3.8, 4) is 0 Å². The number of aromatic nitrogens is 2. The van der Waals surface area contributed by atoms with Crippen LogP contribution in [-0.2, 0) is 9.53 Å². The second-order valence-electron chi connectivity index (χ2n) is 8.91. The number of hydrogen-bond donors (Lipinski definition) is 4. The van der Waals surface area contributed by atoms with Crippen LogP contribution in [0.2, 0.25) is 0 Å². The topological polar surface area (TPSA) is 134 Å². The van der Waals surface area contributed by atoms with Crippen LogP contribution in [-0.4, -0.2) is 55.7 Å². The minimum Gasteiger partial charge on any atom is -0.394 e. The van der Waals surface area contributed by atoms with Crippen LogP contribution in [0, 0.1) is 0 Å². The van der Waals surface area contributed by atoms with Crippen LogP contribution in [0.4, 0.5) is 5.82 Å². The molecule has 1 aliphatic rings. The summed E-state index contributed by atoms with van der Waals surface area (Å²) in [5.74, 6) is -0.0805. The van der Waals surface area contributed by atoms with E-state index in [1.807, 2.05) is 0 Å². The van der Waals surface area contributed by atoms with E-state index in [0.29, 0.717) is 6.42 Å². The molecule has 1 aromatic rings. The molecule has 1 aliphatic heterocycles. The van der Waals surface area contributed by atoms with Gasteiger partial charge in [-0.3, -0.25) is 9.36 Å². The van der Waals surface area contributed by atoms with Gasteiger partial charge >= 0.3 is 5.69 Å². The summed E-state index contributed by atoms with van der Waals surface area (Å²) in [6.07, 6.45) is 14.2. The van der Waals surface area contributed by atoms with Gasteiger partial charge in [0.05, 0.1) is 6.61 Å². The van der Waals surface area contributed by atoms with Crippen molar-refractivity contribution >= 4 is 11.7 Å². The first kappa shape index (κ1) is 28.2. The van der Waals surface area contributed by atoms with Crippen LogP contribution in [0.15, 0.2) is 29.2 Å². The van der Waals surface area contributed by atoms with Crippen molar-refractivity contribution in [2.45, 2.75) is 109 Å². The Kier molecular flexibility index (Phi) is 13.1. The molecular weight excluding hydrogens is 438 g/mol. The Morgan fingerprint density at radius 1 is 1.06 bits per heavy atom. The minimum absolute atomic E-state index is 0.125. The maximum atomic E-state index is 12.3. The Hall–Kier alpha value is -2.07. The Morgan fingerprint density at radius 2 is 1.71 bits per heavy atom. The molecule has 4 atom stereocenters. The number of rotatable bonds is 16. The van der Waals surface area contributed by atoms with E-state index >= 15 is 0 Å². The van der Waals surface area contributed by atoms with Gasteiger partial charge in [-0.1, -0.05) is 57.6 Å². The zero-order valence-corrected chi connectivity index (χ0v) is 20.3. The van der Waals surface area contributed by atoms with Crippen molar-refractivity contribution in [2.75, 3.05) is 11.9 Å². The van der Waals surface area contributed by atoms with E-state index in [1.54, 1.807) is 0 Å². The third-order valence-corrected chi connectivity index (χ3v) is 6.05. The van der Waals surface area contributed by atoms with Gasteiger partial charge in [0, 0.05) is 12.6 Å². The summed E-state index contributed by atoms with van der Waals surface area (Å²) in [5, 5.41) is 31.7. The SMILES string of the molecule is CCCCCC/C=C\CCCCCCCC(=O)Nc1ccn([C@@H]2O[C@H](CO)[C@@H](O)[C@@H]2O)c(=O)n1. The highest BCUT2D eigenvalue weighted by Gasteiger charge is 2.43. The maximum absolute atomic E-state index is 12.3. The maximum Gasteiger partial charge on any atom is 0.351 e. The normalized spacial score (nSPS) is 22.5. The minimum atomic E-state index is -1.37. The molecule has 34 heavy (non-hydrogen) atoms. The molecule has 4 N–H and O–H groups in total. The molecule has 0 bridgehead atoms. The molecule has 9 heteroatoms. The van der Waals surface area contributed by atoms with Crippen molar-refractivity contribution in [3.63, 3.8) is 0 Å². The van der Waals surface area contributed by atoms with Crippen LogP contribution in [0.25, 0.3) is 0 Å². The summed E-state index contributed by atoms with van der Waals surface area (Å²) in [4.78, 5) is 28.3.